The van der Waals surface area contributed by atoms with Crippen molar-refractivity contribution in [2.45, 2.75) is 13.1 Å². The molecule has 2 heterocycles. The van der Waals surface area contributed by atoms with E-state index in [1.807, 2.05) is 0 Å². The molecule has 0 saturated heterocycles. The molecule has 21 heavy (non-hydrogen) atoms. The second kappa shape index (κ2) is 6.61. The third-order valence-electron chi connectivity index (χ3n) is 2.61. The number of aromatic nitrogens is 5. The van der Waals surface area contributed by atoms with E-state index in [0.717, 1.165) is 0 Å². The fourth-order valence-electron chi connectivity index (χ4n) is 1.58. The summed E-state index contributed by atoms with van der Waals surface area (Å²) >= 11 is 0. The smallest absolute Gasteiger partial charge is 0.277 e. The van der Waals surface area contributed by atoms with Crippen LogP contribution in [0.1, 0.15) is 10.5 Å². The van der Waals surface area contributed by atoms with Crippen molar-refractivity contribution in [3.8, 4) is 0 Å². The van der Waals surface area contributed by atoms with E-state index in [2.05, 4.69) is 26.0 Å². The molecule has 10 heteroatoms. The molecule has 112 valence electrons. The van der Waals surface area contributed by atoms with Crippen LogP contribution in [-0.2, 0) is 17.9 Å². The zero-order valence-electron chi connectivity index (χ0n) is 11.5. The highest BCUT2D eigenvalue weighted by Gasteiger charge is 2.12. The maximum absolute atomic E-state index is 11.9. The van der Waals surface area contributed by atoms with Crippen LogP contribution in [0.15, 0.2) is 18.6 Å². The number of carbonyl (C=O) groups is 2. The van der Waals surface area contributed by atoms with Gasteiger partial charge in [0.2, 0.25) is 5.91 Å². The van der Waals surface area contributed by atoms with Gasteiger partial charge in [-0.15, -0.1) is 5.10 Å². The second-order valence-electron chi connectivity index (χ2n) is 4.21. The highest BCUT2D eigenvalue weighted by atomic mass is 16.2. The van der Waals surface area contributed by atoms with Crippen LogP contribution in [0.3, 0.4) is 0 Å². The van der Waals surface area contributed by atoms with E-state index in [-0.39, 0.29) is 18.1 Å². The predicted molar refractivity (Wildman–Crippen MR) is 73.3 cm³/mol. The minimum Gasteiger partial charge on any atom is -0.358 e. The molecule has 0 atom stereocenters. The molecule has 4 N–H and O–H groups in total. The third kappa shape index (κ3) is 3.86. The minimum absolute atomic E-state index is 0.0824. The summed E-state index contributed by atoms with van der Waals surface area (Å²) in [5.74, 6) is -0.585. The summed E-state index contributed by atoms with van der Waals surface area (Å²) in [6, 6.07) is 0. The number of hydrogen-bond acceptors (Lipinski definition) is 6. The van der Waals surface area contributed by atoms with Gasteiger partial charge in [0.15, 0.2) is 5.69 Å². The largest absolute Gasteiger partial charge is 0.358 e. The summed E-state index contributed by atoms with van der Waals surface area (Å²) in [4.78, 5) is 23.2. The molecule has 0 fully saturated rings. The Labute approximate surface area is 120 Å². The topological polar surface area (TPSA) is 133 Å². The van der Waals surface area contributed by atoms with Crippen molar-refractivity contribution >= 4 is 17.5 Å². The highest BCUT2D eigenvalue weighted by molar-refractivity contribution is 6.02. The lowest BCUT2D eigenvalue weighted by molar-refractivity contribution is -0.121. The van der Waals surface area contributed by atoms with E-state index in [1.165, 1.54) is 21.8 Å². The first-order valence-corrected chi connectivity index (χ1v) is 6.27. The van der Waals surface area contributed by atoms with Gasteiger partial charge in [-0.1, -0.05) is 5.21 Å². The number of hydrogen-bond donors (Lipinski definition) is 3. The van der Waals surface area contributed by atoms with E-state index in [9.17, 15) is 9.59 Å². The Hall–Kier alpha value is -2.75. The van der Waals surface area contributed by atoms with Gasteiger partial charge in [0.1, 0.15) is 6.54 Å². The molecule has 2 aromatic heterocycles. The first kappa shape index (κ1) is 14.7. The van der Waals surface area contributed by atoms with E-state index >= 15 is 0 Å². The monoisotopic (exact) mass is 292 g/mol. The van der Waals surface area contributed by atoms with Gasteiger partial charge in [0, 0.05) is 19.8 Å². The molecule has 0 bridgehead atoms. The van der Waals surface area contributed by atoms with Crippen molar-refractivity contribution in [1.29, 1.82) is 0 Å². The van der Waals surface area contributed by atoms with Gasteiger partial charge in [-0.2, -0.15) is 5.10 Å². The maximum atomic E-state index is 11.9. The van der Waals surface area contributed by atoms with Crippen LogP contribution >= 0.6 is 0 Å². The molecule has 0 aliphatic carbocycles. The summed E-state index contributed by atoms with van der Waals surface area (Å²) in [7, 11) is 1.54. The van der Waals surface area contributed by atoms with Crippen LogP contribution in [0, 0.1) is 0 Å². The van der Waals surface area contributed by atoms with E-state index < -0.39 is 5.91 Å². The number of nitrogens with two attached hydrogens (primary N) is 1. The second-order valence-corrected chi connectivity index (χ2v) is 4.21. The molecule has 0 aliphatic rings. The molecule has 2 amide bonds. The highest BCUT2D eigenvalue weighted by Crippen LogP contribution is 2.06. The fourth-order valence-corrected chi connectivity index (χ4v) is 1.58. The summed E-state index contributed by atoms with van der Waals surface area (Å²) in [6.07, 6.45) is 4.51. The molecule has 0 saturated carbocycles. The lowest BCUT2D eigenvalue weighted by atomic mass is 10.4. The van der Waals surface area contributed by atoms with Gasteiger partial charge in [-0.25, -0.2) is 0 Å². The van der Waals surface area contributed by atoms with Gasteiger partial charge in [-0.3, -0.25) is 19.0 Å². The van der Waals surface area contributed by atoms with Crippen molar-refractivity contribution in [1.82, 2.24) is 30.1 Å². The summed E-state index contributed by atoms with van der Waals surface area (Å²) in [6.45, 7) is 0.986. The molecule has 0 spiro atoms. The molecular formula is C11H16N8O2. The van der Waals surface area contributed by atoms with E-state index in [0.29, 0.717) is 18.8 Å². The Kier molecular flexibility index (Phi) is 4.61. The van der Waals surface area contributed by atoms with Crippen molar-refractivity contribution in [2.24, 2.45) is 5.73 Å². The molecule has 0 aliphatic heterocycles. The lowest BCUT2D eigenvalue weighted by Gasteiger charge is -1.99. The number of likely N-dealkylation sites (N-methyl/N-ethyl adjacent to an activating group) is 1. The number of anilines is 1. The van der Waals surface area contributed by atoms with Crippen LogP contribution < -0.4 is 16.4 Å². The normalized spacial score (nSPS) is 10.4. The molecule has 2 aromatic rings. The van der Waals surface area contributed by atoms with E-state index in [1.54, 1.807) is 13.2 Å². The quantitative estimate of drug-likeness (QED) is 0.589. The minimum atomic E-state index is -0.405. The van der Waals surface area contributed by atoms with Gasteiger partial charge < -0.3 is 16.4 Å². The van der Waals surface area contributed by atoms with Crippen LogP contribution in [0.4, 0.5) is 5.69 Å². The van der Waals surface area contributed by atoms with Crippen molar-refractivity contribution in [2.75, 3.05) is 18.9 Å². The predicted octanol–water partition coefficient (Wildman–Crippen LogP) is -1.57. The lowest BCUT2D eigenvalue weighted by Crippen LogP contribution is -2.23. The third-order valence-corrected chi connectivity index (χ3v) is 2.61. The maximum Gasteiger partial charge on any atom is 0.277 e. The van der Waals surface area contributed by atoms with Gasteiger partial charge in [0.05, 0.1) is 24.6 Å². The van der Waals surface area contributed by atoms with E-state index in [4.69, 9.17) is 5.73 Å². The summed E-state index contributed by atoms with van der Waals surface area (Å²) < 4.78 is 2.91. The first-order chi connectivity index (χ1) is 10.1. The van der Waals surface area contributed by atoms with Crippen LogP contribution in [-0.4, -0.2) is 50.2 Å². The summed E-state index contributed by atoms with van der Waals surface area (Å²) in [5.41, 5.74) is 6.04. The van der Waals surface area contributed by atoms with Crippen LogP contribution in [0.5, 0.6) is 0 Å². The molecule has 10 nitrogen and oxygen atoms in total. The Bertz CT molecular complexity index is 632. The van der Waals surface area contributed by atoms with Crippen molar-refractivity contribution in [3.63, 3.8) is 0 Å². The average Bonchev–Trinajstić information content (AvgIpc) is 3.09. The number of carbonyl (C=O) groups excluding carboxylic acids is 2. The fraction of sp³-hybridized carbons (Fsp3) is 0.364. The van der Waals surface area contributed by atoms with Crippen molar-refractivity contribution in [3.05, 3.63) is 24.3 Å². The molecule has 0 aromatic carbocycles. The number of nitrogens with one attached hydrogen (secondary N) is 2. The average molecular weight is 292 g/mol. The number of rotatable bonds is 6. The number of nitrogens with zero attached hydrogens (tertiary/aromatic N) is 5. The Balaban J connectivity index is 1.97. The van der Waals surface area contributed by atoms with Crippen molar-refractivity contribution < 1.29 is 9.59 Å². The Morgan fingerprint density at radius 2 is 2.14 bits per heavy atom. The van der Waals surface area contributed by atoms with Gasteiger partial charge in [0.25, 0.3) is 5.91 Å². The van der Waals surface area contributed by atoms with Crippen LogP contribution in [0.2, 0.25) is 0 Å². The summed E-state index contributed by atoms with van der Waals surface area (Å²) in [5, 5.41) is 16.6. The number of amides is 2. The van der Waals surface area contributed by atoms with Gasteiger partial charge >= 0.3 is 0 Å². The zero-order valence-corrected chi connectivity index (χ0v) is 11.5. The Morgan fingerprint density at radius 1 is 1.33 bits per heavy atom. The van der Waals surface area contributed by atoms with Gasteiger partial charge in [-0.05, 0) is 0 Å². The Morgan fingerprint density at radius 3 is 2.86 bits per heavy atom. The zero-order chi connectivity index (χ0) is 15.2. The standard InChI is InChI=1S/C11H16N8O2/c1-13-10(20)7-19-5-8(4-14-19)15-11(21)9-6-18(3-2-12)17-16-9/h4-6H,2-3,7,12H2,1H3,(H,13,20)(H,15,21). The molecular weight excluding hydrogens is 276 g/mol. The molecule has 0 radical (unpaired) electrons. The first-order valence-electron chi connectivity index (χ1n) is 6.27. The SMILES string of the molecule is CNC(=O)Cn1cc(NC(=O)c2cn(CCN)nn2)cn1. The van der Waals surface area contributed by atoms with Crippen LogP contribution in [0.25, 0.3) is 0 Å². The molecule has 2 rings (SSSR count). The molecule has 0 unspecified atom stereocenters.